The number of ether oxygens (including phenoxy) is 1. The predicted octanol–water partition coefficient (Wildman–Crippen LogP) is 0.811. The fraction of sp³-hybridized carbons (Fsp3) is 0.143. The molecule has 1 heterocycles. The fourth-order valence-electron chi connectivity index (χ4n) is 1.74. The van der Waals surface area contributed by atoms with E-state index in [2.05, 4.69) is 4.98 Å². The van der Waals surface area contributed by atoms with Gasteiger partial charge in [-0.3, -0.25) is 9.59 Å². The number of nitrogens with one attached hydrogen (secondary N) is 2. The first-order chi connectivity index (χ1) is 10.3. The van der Waals surface area contributed by atoms with Gasteiger partial charge >= 0.3 is 0 Å². The van der Waals surface area contributed by atoms with E-state index in [1.54, 1.807) is 6.92 Å². The first kappa shape index (κ1) is 15.8. The average molecular weight is 322 g/mol. The summed E-state index contributed by atoms with van der Waals surface area (Å²) in [5, 5.41) is 0. The molecular weight excluding hydrogens is 308 g/mol. The van der Waals surface area contributed by atoms with Crippen molar-refractivity contribution in [2.45, 2.75) is 11.8 Å². The van der Waals surface area contributed by atoms with E-state index >= 15 is 0 Å². The number of aromatic amines is 1. The van der Waals surface area contributed by atoms with Gasteiger partial charge in [0, 0.05) is 5.69 Å². The molecule has 0 saturated heterocycles. The van der Waals surface area contributed by atoms with Gasteiger partial charge in [-0.1, -0.05) is 0 Å². The maximum Gasteiger partial charge on any atom is 0.270 e. The van der Waals surface area contributed by atoms with Gasteiger partial charge in [-0.2, -0.15) is 0 Å². The summed E-state index contributed by atoms with van der Waals surface area (Å²) in [5.74, 6) is -0.502. The van der Waals surface area contributed by atoms with Gasteiger partial charge in [0.05, 0.1) is 12.0 Å². The zero-order valence-corrected chi connectivity index (χ0v) is 12.7. The molecule has 2 N–H and O–H groups in total. The number of rotatable bonds is 4. The second-order valence-electron chi connectivity index (χ2n) is 4.49. The number of aryl methyl sites for hydroxylation is 1. The lowest BCUT2D eigenvalue weighted by atomic mass is 10.2. The van der Waals surface area contributed by atoms with E-state index in [4.69, 9.17) is 4.74 Å². The number of carbonyl (C=O) groups is 1. The Balaban J connectivity index is 2.27. The lowest BCUT2D eigenvalue weighted by molar-refractivity contribution is 0.0980. The molecule has 0 atom stereocenters. The standard InChI is InChI=1S/C14H14N2O5S/c1-9-3-8-12(13(17)15-9)14(18)16-22(19,20)11-6-4-10(21-2)5-7-11/h3-8H,1-2H3,(H,15,17)(H,16,18). The number of methoxy groups -OCH3 is 1. The SMILES string of the molecule is COc1ccc(S(=O)(=O)NC(=O)c2ccc(C)[nH]c2=O)cc1. The highest BCUT2D eigenvalue weighted by atomic mass is 32.2. The highest BCUT2D eigenvalue weighted by Crippen LogP contribution is 2.15. The molecule has 0 fully saturated rings. The number of aromatic nitrogens is 1. The van der Waals surface area contributed by atoms with E-state index in [1.807, 2.05) is 4.72 Å². The number of H-pyrrole nitrogens is 1. The molecule has 0 bridgehead atoms. The average Bonchev–Trinajstić information content (AvgIpc) is 2.46. The van der Waals surface area contributed by atoms with Gasteiger partial charge in [-0.25, -0.2) is 13.1 Å². The summed E-state index contributed by atoms with van der Waals surface area (Å²) in [6.45, 7) is 1.65. The van der Waals surface area contributed by atoms with Crippen LogP contribution in [-0.4, -0.2) is 26.4 Å². The summed E-state index contributed by atoms with van der Waals surface area (Å²) in [6.07, 6.45) is 0. The maximum absolute atomic E-state index is 12.1. The molecule has 1 amide bonds. The van der Waals surface area contributed by atoms with Crippen LogP contribution in [0.3, 0.4) is 0 Å². The molecular formula is C14H14N2O5S. The van der Waals surface area contributed by atoms with Crippen LogP contribution in [0, 0.1) is 6.92 Å². The Hall–Kier alpha value is -2.61. The summed E-state index contributed by atoms with van der Waals surface area (Å²) in [5.41, 5.74) is -0.357. The van der Waals surface area contributed by atoms with Gasteiger partial charge < -0.3 is 9.72 Å². The van der Waals surface area contributed by atoms with E-state index in [0.29, 0.717) is 11.4 Å². The normalized spacial score (nSPS) is 11.0. The van der Waals surface area contributed by atoms with Crippen molar-refractivity contribution >= 4 is 15.9 Å². The van der Waals surface area contributed by atoms with Gasteiger partial charge in [0.25, 0.3) is 21.5 Å². The highest BCUT2D eigenvalue weighted by Gasteiger charge is 2.20. The van der Waals surface area contributed by atoms with Crippen molar-refractivity contribution in [2.24, 2.45) is 0 Å². The van der Waals surface area contributed by atoms with Gasteiger partial charge in [0.2, 0.25) is 0 Å². The molecule has 0 unspecified atom stereocenters. The van der Waals surface area contributed by atoms with E-state index in [9.17, 15) is 18.0 Å². The van der Waals surface area contributed by atoms with Crippen molar-refractivity contribution in [3.63, 3.8) is 0 Å². The molecule has 1 aromatic carbocycles. The molecule has 2 aromatic rings. The Morgan fingerprint density at radius 3 is 2.32 bits per heavy atom. The number of carbonyl (C=O) groups excluding carboxylic acids is 1. The summed E-state index contributed by atoms with van der Waals surface area (Å²) in [6, 6.07) is 8.29. The summed E-state index contributed by atoms with van der Waals surface area (Å²) < 4.78 is 31.0. The Morgan fingerprint density at radius 1 is 1.14 bits per heavy atom. The lowest BCUT2D eigenvalue weighted by Gasteiger charge is -2.07. The Kier molecular flexibility index (Phi) is 4.32. The summed E-state index contributed by atoms with van der Waals surface area (Å²) in [4.78, 5) is 25.9. The van der Waals surface area contributed by atoms with Crippen LogP contribution in [0.1, 0.15) is 16.1 Å². The number of amides is 1. The largest absolute Gasteiger partial charge is 0.497 e. The quantitative estimate of drug-likeness (QED) is 0.866. The number of benzene rings is 1. The van der Waals surface area contributed by atoms with Gasteiger partial charge in [0.15, 0.2) is 0 Å². The molecule has 0 aliphatic rings. The van der Waals surface area contributed by atoms with E-state index in [-0.39, 0.29) is 10.5 Å². The van der Waals surface area contributed by atoms with Gasteiger partial charge in [0.1, 0.15) is 11.3 Å². The smallest absolute Gasteiger partial charge is 0.270 e. The van der Waals surface area contributed by atoms with Crippen LogP contribution in [0.25, 0.3) is 0 Å². The van der Waals surface area contributed by atoms with Crippen molar-refractivity contribution < 1.29 is 17.9 Å². The Bertz CT molecular complexity index is 854. The van der Waals surface area contributed by atoms with Crippen molar-refractivity contribution in [1.82, 2.24) is 9.71 Å². The van der Waals surface area contributed by atoms with E-state index < -0.39 is 21.5 Å². The third-order valence-electron chi connectivity index (χ3n) is 2.90. The molecule has 0 aliphatic carbocycles. The highest BCUT2D eigenvalue weighted by molar-refractivity contribution is 7.90. The van der Waals surface area contributed by atoms with Crippen molar-refractivity contribution in [3.05, 3.63) is 58.0 Å². The van der Waals surface area contributed by atoms with Crippen molar-refractivity contribution in [1.29, 1.82) is 0 Å². The number of hydrogen-bond donors (Lipinski definition) is 2. The Morgan fingerprint density at radius 2 is 1.77 bits per heavy atom. The zero-order valence-electron chi connectivity index (χ0n) is 11.9. The maximum atomic E-state index is 12.1. The van der Waals surface area contributed by atoms with Gasteiger partial charge in [-0.15, -0.1) is 0 Å². The van der Waals surface area contributed by atoms with Crippen molar-refractivity contribution in [2.75, 3.05) is 7.11 Å². The van der Waals surface area contributed by atoms with Crippen LogP contribution >= 0.6 is 0 Å². The topological polar surface area (TPSA) is 105 Å². The summed E-state index contributed by atoms with van der Waals surface area (Å²) >= 11 is 0. The number of sulfonamides is 1. The molecule has 8 heteroatoms. The first-order valence-corrected chi connectivity index (χ1v) is 7.73. The molecule has 0 saturated carbocycles. The number of pyridine rings is 1. The molecule has 7 nitrogen and oxygen atoms in total. The van der Waals surface area contributed by atoms with Crippen LogP contribution in [-0.2, 0) is 10.0 Å². The molecule has 0 aliphatic heterocycles. The van der Waals surface area contributed by atoms with Crippen molar-refractivity contribution in [3.8, 4) is 5.75 Å². The Labute approximate surface area is 127 Å². The first-order valence-electron chi connectivity index (χ1n) is 6.24. The van der Waals surface area contributed by atoms with Crippen LogP contribution in [0.4, 0.5) is 0 Å². The van der Waals surface area contributed by atoms with Crippen LogP contribution in [0.15, 0.2) is 46.1 Å². The molecule has 1 aromatic heterocycles. The van der Waals surface area contributed by atoms with Crippen LogP contribution in [0.2, 0.25) is 0 Å². The van der Waals surface area contributed by atoms with Gasteiger partial charge in [-0.05, 0) is 43.3 Å². The number of hydrogen-bond acceptors (Lipinski definition) is 5. The minimum absolute atomic E-state index is 0.106. The molecule has 22 heavy (non-hydrogen) atoms. The minimum atomic E-state index is -4.07. The van der Waals surface area contributed by atoms with Crippen LogP contribution < -0.4 is 15.0 Å². The van der Waals surface area contributed by atoms with E-state index in [0.717, 1.165) is 0 Å². The third-order valence-corrected chi connectivity index (χ3v) is 4.24. The van der Waals surface area contributed by atoms with Crippen LogP contribution in [0.5, 0.6) is 5.75 Å². The fourth-order valence-corrected chi connectivity index (χ4v) is 2.71. The lowest BCUT2D eigenvalue weighted by Crippen LogP contribution is -2.34. The second kappa shape index (κ2) is 6.02. The monoisotopic (exact) mass is 322 g/mol. The second-order valence-corrected chi connectivity index (χ2v) is 6.18. The van der Waals surface area contributed by atoms with E-state index in [1.165, 1.54) is 43.5 Å². The molecule has 2 rings (SSSR count). The molecule has 0 spiro atoms. The zero-order chi connectivity index (χ0) is 16.3. The molecule has 116 valence electrons. The predicted molar refractivity (Wildman–Crippen MR) is 79.4 cm³/mol. The summed E-state index contributed by atoms with van der Waals surface area (Å²) in [7, 11) is -2.61. The minimum Gasteiger partial charge on any atom is -0.497 e. The third kappa shape index (κ3) is 3.34. The molecule has 0 radical (unpaired) electrons.